The molecule has 1 atom stereocenters. The lowest BCUT2D eigenvalue weighted by Gasteiger charge is -2.33. The molecule has 1 N–H and O–H groups in total. The van der Waals surface area contributed by atoms with Crippen LogP contribution in [0.2, 0.25) is 0 Å². The molecule has 0 bridgehead atoms. The summed E-state index contributed by atoms with van der Waals surface area (Å²) in [4.78, 5) is 44.2. The molecule has 12 nitrogen and oxygen atoms in total. The number of carbonyl (C=O) groups is 1. The van der Waals surface area contributed by atoms with E-state index in [0.717, 1.165) is 23.8 Å². The van der Waals surface area contributed by atoms with Crippen molar-refractivity contribution in [3.63, 3.8) is 0 Å². The molecular weight excluding hydrogens is 603 g/mol. The van der Waals surface area contributed by atoms with Crippen molar-refractivity contribution in [2.24, 2.45) is 0 Å². The van der Waals surface area contributed by atoms with Crippen molar-refractivity contribution in [3.05, 3.63) is 68.4 Å². The van der Waals surface area contributed by atoms with Gasteiger partial charge in [-0.05, 0) is 71.1 Å². The van der Waals surface area contributed by atoms with E-state index in [1.165, 1.54) is 58.4 Å². The summed E-state index contributed by atoms with van der Waals surface area (Å²) in [6, 6.07) is 4.18. The quantitative estimate of drug-likeness (QED) is 0.278. The molecular formula is C31H37FN6O6S. The molecule has 6 rings (SSSR count). The Morgan fingerprint density at radius 3 is 2.53 bits per heavy atom. The number of fused-ring (bicyclic) bond motifs is 1. The number of halogens is 1. The number of nitrogens with one attached hydrogen (secondary N) is 1. The van der Waals surface area contributed by atoms with Crippen LogP contribution in [0.3, 0.4) is 0 Å². The lowest BCUT2D eigenvalue weighted by atomic mass is 9.91. The minimum absolute atomic E-state index is 0.0107. The number of benzene rings is 1. The third-order valence-corrected chi connectivity index (χ3v) is 10.0. The van der Waals surface area contributed by atoms with E-state index >= 15 is 0 Å². The molecule has 1 saturated heterocycles. The van der Waals surface area contributed by atoms with E-state index < -0.39 is 34.6 Å². The first kappa shape index (κ1) is 31.1. The van der Waals surface area contributed by atoms with E-state index in [0.29, 0.717) is 52.8 Å². The lowest BCUT2D eigenvalue weighted by Crippen LogP contribution is -2.57. The highest BCUT2D eigenvalue weighted by atomic mass is 32.1. The minimum atomic E-state index is -1.52. The summed E-state index contributed by atoms with van der Waals surface area (Å²) in [6.45, 7) is 5.86. The van der Waals surface area contributed by atoms with Gasteiger partial charge in [-0.1, -0.05) is 11.3 Å². The Morgan fingerprint density at radius 2 is 1.89 bits per heavy atom. The van der Waals surface area contributed by atoms with Gasteiger partial charge >= 0.3 is 5.69 Å². The summed E-state index contributed by atoms with van der Waals surface area (Å²) >= 11 is 1.19. The average Bonchev–Trinajstić information content (AvgIpc) is 3.65. The number of rotatable bonds is 10. The molecule has 4 aromatic rings. The van der Waals surface area contributed by atoms with E-state index in [2.05, 4.69) is 15.5 Å². The molecule has 2 aliphatic rings. The van der Waals surface area contributed by atoms with E-state index in [-0.39, 0.29) is 24.1 Å². The zero-order chi connectivity index (χ0) is 31.9. The number of hydrogen-bond donors (Lipinski definition) is 1. The number of aromatic nitrogens is 5. The van der Waals surface area contributed by atoms with Gasteiger partial charge in [0.15, 0.2) is 0 Å². The monoisotopic (exact) mass is 640 g/mol. The van der Waals surface area contributed by atoms with Gasteiger partial charge in [-0.3, -0.25) is 14.2 Å². The van der Waals surface area contributed by atoms with Gasteiger partial charge in [0.05, 0.1) is 37.5 Å². The van der Waals surface area contributed by atoms with Gasteiger partial charge in [-0.15, -0.1) is 4.80 Å². The van der Waals surface area contributed by atoms with Crippen molar-refractivity contribution in [1.29, 1.82) is 0 Å². The summed E-state index contributed by atoms with van der Waals surface area (Å²) in [5, 5.41) is 12.3. The molecule has 4 heterocycles. The molecule has 1 aliphatic carbocycles. The van der Waals surface area contributed by atoms with Gasteiger partial charge < -0.3 is 19.5 Å². The first-order valence-electron chi connectivity index (χ1n) is 15.1. The van der Waals surface area contributed by atoms with Crippen molar-refractivity contribution in [2.45, 2.75) is 83.2 Å². The maximum atomic E-state index is 14.7. The van der Waals surface area contributed by atoms with Crippen LogP contribution in [0.1, 0.15) is 63.2 Å². The van der Waals surface area contributed by atoms with Crippen LogP contribution in [-0.2, 0) is 26.4 Å². The number of aryl methyl sites for hydroxylation is 1. The van der Waals surface area contributed by atoms with Gasteiger partial charge in [0.25, 0.3) is 5.56 Å². The van der Waals surface area contributed by atoms with Crippen molar-refractivity contribution in [2.75, 3.05) is 20.3 Å². The fourth-order valence-corrected chi connectivity index (χ4v) is 7.12. The van der Waals surface area contributed by atoms with Crippen molar-refractivity contribution in [1.82, 2.24) is 29.4 Å². The van der Waals surface area contributed by atoms with Crippen LogP contribution in [0.15, 0.2) is 40.2 Å². The normalized spacial score (nSPS) is 16.9. The summed E-state index contributed by atoms with van der Waals surface area (Å²) < 4.78 is 34.9. The molecule has 1 amide bonds. The summed E-state index contributed by atoms with van der Waals surface area (Å²) in [5.41, 5.74) is -1.80. The highest BCUT2D eigenvalue weighted by molar-refractivity contribution is 7.21. The SMILES string of the molecule is COc1ccc(F)cc1[C@H](Cn1c(=O)n(C(C)(C)C(=O)NC2CCC2)c(=O)c2c(C)c(-n3nccn3)sc21)OC1CCOCC1. The number of thiophene rings is 1. The third kappa shape index (κ3) is 5.82. The Balaban J connectivity index is 1.55. The van der Waals surface area contributed by atoms with Gasteiger partial charge in [0, 0.05) is 30.4 Å². The number of nitrogens with zero attached hydrogens (tertiary/aromatic N) is 5. The standard InChI is InChI=1S/C31H37FN6O6S/c1-18-25-26(39)37(31(2,3)29(40)35-20-6-5-7-20)30(41)36(28(25)45-27(18)38-33-12-13-34-38)17-24(44-21-10-14-43-15-11-21)22-16-19(32)8-9-23(22)42-4/h8-9,12-13,16,20-21,24H,5-7,10-11,14-15,17H2,1-4H3,(H,35,40)/t24-/m0/s1. The largest absolute Gasteiger partial charge is 0.496 e. The van der Waals surface area contributed by atoms with Gasteiger partial charge in [0.2, 0.25) is 5.91 Å². The number of methoxy groups -OCH3 is 1. The van der Waals surface area contributed by atoms with Crippen LogP contribution in [-0.4, -0.2) is 62.5 Å². The first-order valence-corrected chi connectivity index (χ1v) is 16.0. The molecule has 14 heteroatoms. The summed E-state index contributed by atoms with van der Waals surface area (Å²) in [5.74, 6) is -0.502. The Morgan fingerprint density at radius 1 is 1.18 bits per heavy atom. The lowest BCUT2D eigenvalue weighted by molar-refractivity contribution is -0.130. The number of carbonyl (C=O) groups excluding carboxylic acids is 1. The van der Waals surface area contributed by atoms with E-state index in [4.69, 9.17) is 14.2 Å². The zero-order valence-corrected chi connectivity index (χ0v) is 26.6. The molecule has 3 aromatic heterocycles. The number of hydrogen-bond acceptors (Lipinski definition) is 9. The fraction of sp³-hybridized carbons (Fsp3) is 0.516. The van der Waals surface area contributed by atoms with Gasteiger partial charge in [-0.25, -0.2) is 13.8 Å². The van der Waals surface area contributed by atoms with Crippen LogP contribution < -0.4 is 21.3 Å². The molecule has 2 fully saturated rings. The average molecular weight is 641 g/mol. The Labute approximate surface area is 262 Å². The Hall–Kier alpha value is -3.88. The Bertz CT molecular complexity index is 1820. The number of amides is 1. The third-order valence-electron chi connectivity index (χ3n) is 8.75. The Kier molecular flexibility index (Phi) is 8.63. The first-order chi connectivity index (χ1) is 21.6. The molecule has 0 radical (unpaired) electrons. The predicted molar refractivity (Wildman–Crippen MR) is 166 cm³/mol. The van der Waals surface area contributed by atoms with Crippen LogP contribution in [0, 0.1) is 12.7 Å². The second-order valence-corrected chi connectivity index (χ2v) is 13.0. The summed E-state index contributed by atoms with van der Waals surface area (Å²) in [7, 11) is 1.49. The molecule has 0 spiro atoms. The van der Waals surface area contributed by atoms with Crippen LogP contribution in [0.5, 0.6) is 5.75 Å². The maximum Gasteiger partial charge on any atom is 0.333 e. The highest BCUT2D eigenvalue weighted by Gasteiger charge is 2.38. The molecule has 240 valence electrons. The molecule has 0 unspecified atom stereocenters. The van der Waals surface area contributed by atoms with Crippen LogP contribution >= 0.6 is 11.3 Å². The van der Waals surface area contributed by atoms with Crippen LogP contribution in [0.25, 0.3) is 15.2 Å². The molecule has 1 aromatic carbocycles. The highest BCUT2D eigenvalue weighted by Crippen LogP contribution is 2.35. The van der Waals surface area contributed by atoms with Crippen molar-refractivity contribution in [3.8, 4) is 10.8 Å². The van der Waals surface area contributed by atoms with Crippen molar-refractivity contribution < 1.29 is 23.4 Å². The minimum Gasteiger partial charge on any atom is -0.496 e. The van der Waals surface area contributed by atoms with Crippen molar-refractivity contribution >= 4 is 27.5 Å². The van der Waals surface area contributed by atoms with Gasteiger partial charge in [0.1, 0.15) is 33.0 Å². The topological polar surface area (TPSA) is 132 Å². The van der Waals surface area contributed by atoms with Gasteiger partial charge in [-0.2, -0.15) is 10.2 Å². The molecule has 1 saturated carbocycles. The number of ether oxygens (including phenoxy) is 3. The second kappa shape index (κ2) is 12.5. The fourth-order valence-electron chi connectivity index (χ4n) is 5.90. The zero-order valence-electron chi connectivity index (χ0n) is 25.7. The second-order valence-electron chi connectivity index (χ2n) is 12.0. The maximum absolute atomic E-state index is 14.7. The van der Waals surface area contributed by atoms with E-state index in [1.54, 1.807) is 20.8 Å². The molecule has 1 aliphatic heterocycles. The molecule has 45 heavy (non-hydrogen) atoms. The van der Waals surface area contributed by atoms with E-state index in [9.17, 15) is 18.8 Å². The predicted octanol–water partition coefficient (Wildman–Crippen LogP) is 3.60. The summed E-state index contributed by atoms with van der Waals surface area (Å²) in [6.07, 6.45) is 5.96. The smallest absolute Gasteiger partial charge is 0.333 e. The van der Waals surface area contributed by atoms with E-state index in [1.807, 2.05) is 0 Å². The van der Waals surface area contributed by atoms with Crippen LogP contribution in [0.4, 0.5) is 4.39 Å².